The van der Waals surface area contributed by atoms with E-state index in [2.05, 4.69) is 0 Å². The standard InChI is InChI=1S/C25H29NO7S/c1-31-23-9-7-20(15-24(23)32-2)22(27)16-33-25(28)18-10-12-26(13-11-18)34(29,30)21-8-6-17-4-3-5-19(17)14-21/h6-9,14-15,18H,3-5,10-13,16H2,1-2H3. The second kappa shape index (κ2) is 10.1. The average Bonchev–Trinajstić information content (AvgIpc) is 3.34. The zero-order chi connectivity index (χ0) is 24.3. The molecule has 2 aromatic carbocycles. The van der Waals surface area contributed by atoms with Crippen LogP contribution in [0, 0.1) is 5.92 Å². The molecule has 1 heterocycles. The molecule has 2 aliphatic rings. The topological polar surface area (TPSA) is 99.2 Å². The molecule has 0 saturated carbocycles. The van der Waals surface area contributed by atoms with Crippen molar-refractivity contribution in [3.63, 3.8) is 0 Å². The molecule has 1 fully saturated rings. The summed E-state index contributed by atoms with van der Waals surface area (Å²) in [5.74, 6) is -0.367. The maximum absolute atomic E-state index is 13.1. The second-order valence-electron chi connectivity index (χ2n) is 8.56. The van der Waals surface area contributed by atoms with Crippen molar-refractivity contribution in [3.05, 3.63) is 53.1 Å². The third kappa shape index (κ3) is 4.95. The highest BCUT2D eigenvalue weighted by molar-refractivity contribution is 7.89. The van der Waals surface area contributed by atoms with Crippen molar-refractivity contribution in [2.75, 3.05) is 33.9 Å². The Bertz CT molecular complexity index is 1180. The van der Waals surface area contributed by atoms with Crippen LogP contribution in [0.2, 0.25) is 0 Å². The predicted molar refractivity (Wildman–Crippen MR) is 125 cm³/mol. The maximum atomic E-state index is 13.1. The maximum Gasteiger partial charge on any atom is 0.309 e. The number of rotatable bonds is 8. The van der Waals surface area contributed by atoms with E-state index in [-0.39, 0.29) is 25.5 Å². The molecule has 0 amide bonds. The van der Waals surface area contributed by atoms with Gasteiger partial charge < -0.3 is 14.2 Å². The number of methoxy groups -OCH3 is 2. The Morgan fingerprint density at radius 2 is 1.65 bits per heavy atom. The number of piperidine rings is 1. The number of esters is 1. The summed E-state index contributed by atoms with van der Waals surface area (Å²) in [6.45, 7) is 0.0908. The molecule has 8 nitrogen and oxygen atoms in total. The Balaban J connectivity index is 1.31. The SMILES string of the molecule is COc1ccc(C(=O)COC(=O)C2CCN(S(=O)(=O)c3ccc4c(c3)CCC4)CC2)cc1OC. The van der Waals surface area contributed by atoms with Gasteiger partial charge in [0.25, 0.3) is 0 Å². The molecule has 1 aliphatic heterocycles. The van der Waals surface area contributed by atoms with Crippen LogP contribution in [-0.4, -0.2) is 58.4 Å². The van der Waals surface area contributed by atoms with Crippen LogP contribution < -0.4 is 9.47 Å². The molecule has 0 atom stereocenters. The monoisotopic (exact) mass is 487 g/mol. The molecule has 2 aromatic rings. The molecule has 0 radical (unpaired) electrons. The number of nitrogens with zero attached hydrogens (tertiary/aromatic N) is 1. The lowest BCUT2D eigenvalue weighted by molar-refractivity contribution is -0.148. The fourth-order valence-corrected chi connectivity index (χ4v) is 6.06. The summed E-state index contributed by atoms with van der Waals surface area (Å²) in [5, 5.41) is 0. The Kier molecular flexibility index (Phi) is 7.23. The lowest BCUT2D eigenvalue weighted by Crippen LogP contribution is -2.40. The number of ether oxygens (including phenoxy) is 3. The molecule has 4 rings (SSSR count). The van der Waals surface area contributed by atoms with Gasteiger partial charge in [0.1, 0.15) is 0 Å². The number of sulfonamides is 1. The Morgan fingerprint density at radius 3 is 2.35 bits per heavy atom. The molecular formula is C25H29NO7S. The summed E-state index contributed by atoms with van der Waals surface area (Å²) in [6.07, 6.45) is 3.67. The number of hydrogen-bond acceptors (Lipinski definition) is 7. The van der Waals surface area contributed by atoms with Crippen LogP contribution in [0.15, 0.2) is 41.3 Å². The highest BCUT2D eigenvalue weighted by atomic mass is 32.2. The number of aryl methyl sites for hydroxylation is 2. The molecular weight excluding hydrogens is 458 g/mol. The number of carbonyl (C=O) groups excluding carboxylic acids is 2. The van der Waals surface area contributed by atoms with Gasteiger partial charge >= 0.3 is 5.97 Å². The number of hydrogen-bond donors (Lipinski definition) is 0. The molecule has 9 heteroatoms. The van der Waals surface area contributed by atoms with E-state index in [1.807, 2.05) is 6.07 Å². The quantitative estimate of drug-likeness (QED) is 0.417. The summed E-state index contributed by atoms with van der Waals surface area (Å²) in [4.78, 5) is 25.3. The molecule has 0 aromatic heterocycles. The van der Waals surface area contributed by atoms with E-state index in [1.165, 1.54) is 30.2 Å². The van der Waals surface area contributed by atoms with Gasteiger partial charge in [-0.15, -0.1) is 0 Å². The number of benzene rings is 2. The van der Waals surface area contributed by atoms with Gasteiger partial charge in [-0.2, -0.15) is 4.31 Å². The molecule has 1 saturated heterocycles. The smallest absolute Gasteiger partial charge is 0.309 e. The van der Waals surface area contributed by atoms with Crippen LogP contribution in [0.1, 0.15) is 40.7 Å². The molecule has 0 spiro atoms. The van der Waals surface area contributed by atoms with Crippen molar-refractivity contribution >= 4 is 21.8 Å². The zero-order valence-corrected chi connectivity index (χ0v) is 20.2. The summed E-state index contributed by atoms with van der Waals surface area (Å²) < 4.78 is 43.2. The van der Waals surface area contributed by atoms with Gasteiger partial charge in [-0.25, -0.2) is 8.42 Å². The number of Topliss-reactive ketones (excluding diaryl/α,β-unsaturated/α-hetero) is 1. The van der Waals surface area contributed by atoms with Crippen LogP contribution in [-0.2, 0) is 32.4 Å². The molecule has 34 heavy (non-hydrogen) atoms. The Labute approximate surface area is 199 Å². The predicted octanol–water partition coefficient (Wildman–Crippen LogP) is 3.02. The van der Waals surface area contributed by atoms with E-state index >= 15 is 0 Å². The summed E-state index contributed by atoms with van der Waals surface area (Å²) in [7, 11) is -0.623. The van der Waals surface area contributed by atoms with Crippen LogP contribution in [0.5, 0.6) is 11.5 Å². The molecule has 0 N–H and O–H groups in total. The normalized spacial score (nSPS) is 16.6. The van der Waals surface area contributed by atoms with Crippen molar-refractivity contribution < 1.29 is 32.2 Å². The van der Waals surface area contributed by atoms with Crippen molar-refractivity contribution in [2.24, 2.45) is 5.92 Å². The Morgan fingerprint density at radius 1 is 0.941 bits per heavy atom. The first kappa shape index (κ1) is 24.2. The van der Waals surface area contributed by atoms with E-state index in [4.69, 9.17) is 14.2 Å². The third-order valence-corrected chi connectivity index (χ3v) is 8.44. The minimum Gasteiger partial charge on any atom is -0.493 e. The summed E-state index contributed by atoms with van der Waals surface area (Å²) in [5.41, 5.74) is 2.68. The first-order chi connectivity index (χ1) is 16.3. The van der Waals surface area contributed by atoms with Gasteiger partial charge in [-0.05, 0) is 73.6 Å². The van der Waals surface area contributed by atoms with Crippen LogP contribution in [0.25, 0.3) is 0 Å². The van der Waals surface area contributed by atoms with Gasteiger partial charge in [0.15, 0.2) is 23.9 Å². The van der Waals surface area contributed by atoms with Crippen LogP contribution in [0.4, 0.5) is 0 Å². The van der Waals surface area contributed by atoms with Crippen molar-refractivity contribution in [3.8, 4) is 11.5 Å². The molecule has 0 unspecified atom stereocenters. The van der Waals surface area contributed by atoms with Crippen molar-refractivity contribution in [2.45, 2.75) is 37.0 Å². The van der Waals surface area contributed by atoms with Crippen molar-refractivity contribution in [1.82, 2.24) is 4.31 Å². The summed E-state index contributed by atoms with van der Waals surface area (Å²) >= 11 is 0. The van der Waals surface area contributed by atoms with E-state index in [9.17, 15) is 18.0 Å². The molecule has 0 bridgehead atoms. The van der Waals surface area contributed by atoms with Gasteiger partial charge in [-0.3, -0.25) is 9.59 Å². The van der Waals surface area contributed by atoms with E-state index < -0.39 is 21.9 Å². The molecule has 1 aliphatic carbocycles. The first-order valence-corrected chi connectivity index (χ1v) is 12.8. The Hall–Kier alpha value is -2.91. The minimum atomic E-state index is -3.60. The van der Waals surface area contributed by atoms with E-state index in [0.29, 0.717) is 34.8 Å². The lowest BCUT2D eigenvalue weighted by Gasteiger charge is -2.30. The van der Waals surface area contributed by atoms with Crippen molar-refractivity contribution in [1.29, 1.82) is 0 Å². The minimum absolute atomic E-state index is 0.239. The lowest BCUT2D eigenvalue weighted by atomic mass is 9.98. The van der Waals surface area contributed by atoms with E-state index in [0.717, 1.165) is 24.8 Å². The van der Waals surface area contributed by atoms with Crippen LogP contribution >= 0.6 is 0 Å². The summed E-state index contributed by atoms with van der Waals surface area (Å²) in [6, 6.07) is 10.1. The van der Waals surface area contributed by atoms with Gasteiger partial charge in [-0.1, -0.05) is 6.07 Å². The average molecular weight is 488 g/mol. The van der Waals surface area contributed by atoms with Gasteiger partial charge in [0.2, 0.25) is 10.0 Å². The number of carbonyl (C=O) groups is 2. The molecule has 182 valence electrons. The largest absolute Gasteiger partial charge is 0.493 e. The fourth-order valence-electron chi connectivity index (χ4n) is 4.54. The second-order valence-corrected chi connectivity index (χ2v) is 10.5. The van der Waals surface area contributed by atoms with E-state index in [1.54, 1.807) is 24.3 Å². The zero-order valence-electron chi connectivity index (χ0n) is 19.4. The van der Waals surface area contributed by atoms with Gasteiger partial charge in [0, 0.05) is 18.7 Å². The highest BCUT2D eigenvalue weighted by Gasteiger charge is 2.33. The highest BCUT2D eigenvalue weighted by Crippen LogP contribution is 2.30. The number of fused-ring (bicyclic) bond motifs is 1. The third-order valence-electron chi connectivity index (χ3n) is 6.55. The van der Waals surface area contributed by atoms with Crippen LogP contribution in [0.3, 0.4) is 0 Å². The number of ketones is 1. The van der Waals surface area contributed by atoms with Gasteiger partial charge in [0.05, 0.1) is 25.0 Å². The fraction of sp³-hybridized carbons (Fsp3) is 0.440. The first-order valence-electron chi connectivity index (χ1n) is 11.4.